The van der Waals surface area contributed by atoms with Gasteiger partial charge in [0.1, 0.15) is 17.2 Å². The van der Waals surface area contributed by atoms with Crippen molar-refractivity contribution in [2.24, 2.45) is 0 Å². The van der Waals surface area contributed by atoms with Gasteiger partial charge in [-0.25, -0.2) is 8.78 Å². The Morgan fingerprint density at radius 3 is 2.18 bits per heavy atom. The number of hydrogen-bond donors (Lipinski definition) is 1. The molecule has 7 heteroatoms. The van der Waals surface area contributed by atoms with Gasteiger partial charge in [0.2, 0.25) is 0 Å². The third-order valence-electron chi connectivity index (χ3n) is 4.55. The second kappa shape index (κ2) is 8.48. The summed E-state index contributed by atoms with van der Waals surface area (Å²) in [4.78, 5) is 26.4. The number of rotatable bonds is 4. The average molecular weight is 388 g/mol. The molecule has 2 atom stereocenters. The standard InChI is InChI=1S/C21H22F2N2O3/c1-13-11-25(12-14(2)28-13)21(27)16-8-6-15(7-9-16)10-24-20(26)19-17(22)4-3-5-18(19)23/h3-9,13-14H,10-12H2,1-2H3,(H,24,26). The molecule has 2 aromatic carbocycles. The van der Waals surface area contributed by atoms with E-state index in [-0.39, 0.29) is 24.7 Å². The van der Waals surface area contributed by atoms with Crippen molar-refractivity contribution in [3.63, 3.8) is 0 Å². The van der Waals surface area contributed by atoms with Gasteiger partial charge in [-0.1, -0.05) is 18.2 Å². The van der Waals surface area contributed by atoms with E-state index in [0.29, 0.717) is 24.2 Å². The van der Waals surface area contributed by atoms with E-state index in [1.165, 1.54) is 6.07 Å². The lowest BCUT2D eigenvalue weighted by Gasteiger charge is -2.35. The van der Waals surface area contributed by atoms with Crippen molar-refractivity contribution in [2.45, 2.75) is 32.6 Å². The van der Waals surface area contributed by atoms with Crippen LogP contribution < -0.4 is 5.32 Å². The molecule has 0 aromatic heterocycles. The number of ether oxygens (including phenoxy) is 1. The summed E-state index contributed by atoms with van der Waals surface area (Å²) in [7, 11) is 0. The largest absolute Gasteiger partial charge is 0.372 e. The molecule has 0 aliphatic carbocycles. The fourth-order valence-electron chi connectivity index (χ4n) is 3.28. The minimum Gasteiger partial charge on any atom is -0.372 e. The van der Waals surface area contributed by atoms with Crippen LogP contribution in [0.3, 0.4) is 0 Å². The molecule has 148 valence electrons. The lowest BCUT2D eigenvalue weighted by molar-refractivity contribution is -0.0586. The van der Waals surface area contributed by atoms with Crippen LogP contribution in [0.15, 0.2) is 42.5 Å². The first kappa shape index (κ1) is 19.9. The summed E-state index contributed by atoms with van der Waals surface area (Å²) in [6, 6.07) is 10.0. The SMILES string of the molecule is CC1CN(C(=O)c2ccc(CNC(=O)c3c(F)cccc3F)cc2)CC(C)O1. The van der Waals surface area contributed by atoms with E-state index in [1.807, 2.05) is 13.8 Å². The maximum atomic E-state index is 13.6. The number of benzene rings is 2. The van der Waals surface area contributed by atoms with Crippen molar-refractivity contribution in [3.05, 3.63) is 70.8 Å². The van der Waals surface area contributed by atoms with E-state index in [4.69, 9.17) is 4.74 Å². The summed E-state index contributed by atoms with van der Waals surface area (Å²) in [5.74, 6) is -2.72. The lowest BCUT2D eigenvalue weighted by Crippen LogP contribution is -2.48. The van der Waals surface area contributed by atoms with E-state index in [9.17, 15) is 18.4 Å². The monoisotopic (exact) mass is 388 g/mol. The van der Waals surface area contributed by atoms with Crippen LogP contribution in [0.4, 0.5) is 8.78 Å². The molecule has 2 amide bonds. The zero-order chi connectivity index (χ0) is 20.3. The van der Waals surface area contributed by atoms with E-state index < -0.39 is 23.1 Å². The Morgan fingerprint density at radius 1 is 1.04 bits per heavy atom. The molecule has 3 rings (SSSR count). The molecule has 1 heterocycles. The van der Waals surface area contributed by atoms with Crippen LogP contribution in [0, 0.1) is 11.6 Å². The van der Waals surface area contributed by atoms with E-state index >= 15 is 0 Å². The van der Waals surface area contributed by atoms with E-state index in [1.54, 1.807) is 29.2 Å². The average Bonchev–Trinajstić information content (AvgIpc) is 2.65. The van der Waals surface area contributed by atoms with Crippen molar-refractivity contribution >= 4 is 11.8 Å². The van der Waals surface area contributed by atoms with Crippen molar-refractivity contribution in [1.82, 2.24) is 10.2 Å². The van der Waals surface area contributed by atoms with Gasteiger partial charge in [-0.15, -0.1) is 0 Å². The van der Waals surface area contributed by atoms with Crippen LogP contribution in [-0.4, -0.2) is 42.0 Å². The summed E-state index contributed by atoms with van der Waals surface area (Å²) in [5.41, 5.74) is 0.645. The van der Waals surface area contributed by atoms with Gasteiger partial charge in [-0.05, 0) is 43.7 Å². The minimum atomic E-state index is -0.910. The molecule has 0 bridgehead atoms. The maximum Gasteiger partial charge on any atom is 0.257 e. The number of amides is 2. The molecule has 0 saturated carbocycles. The van der Waals surface area contributed by atoms with Crippen molar-refractivity contribution in [1.29, 1.82) is 0 Å². The van der Waals surface area contributed by atoms with Crippen LogP contribution in [-0.2, 0) is 11.3 Å². The molecule has 28 heavy (non-hydrogen) atoms. The first-order valence-corrected chi connectivity index (χ1v) is 9.11. The van der Waals surface area contributed by atoms with Gasteiger partial charge in [0.05, 0.1) is 12.2 Å². The maximum absolute atomic E-state index is 13.6. The summed E-state index contributed by atoms with van der Waals surface area (Å²) >= 11 is 0. The van der Waals surface area contributed by atoms with Crippen molar-refractivity contribution < 1.29 is 23.1 Å². The zero-order valence-electron chi connectivity index (χ0n) is 15.7. The number of carbonyl (C=O) groups is 2. The summed E-state index contributed by atoms with van der Waals surface area (Å²) in [5, 5.41) is 2.49. The first-order chi connectivity index (χ1) is 13.3. The summed E-state index contributed by atoms with van der Waals surface area (Å²) < 4.78 is 32.9. The normalized spacial score (nSPS) is 19.4. The molecule has 5 nitrogen and oxygen atoms in total. The quantitative estimate of drug-likeness (QED) is 0.876. The molecule has 2 unspecified atom stereocenters. The number of nitrogens with zero attached hydrogens (tertiary/aromatic N) is 1. The molecular formula is C21H22F2N2O3. The van der Waals surface area contributed by atoms with Gasteiger partial charge in [0, 0.05) is 25.2 Å². The van der Waals surface area contributed by atoms with E-state index in [2.05, 4.69) is 5.32 Å². The van der Waals surface area contributed by atoms with Crippen LogP contribution in [0.2, 0.25) is 0 Å². The smallest absolute Gasteiger partial charge is 0.257 e. The Balaban J connectivity index is 1.61. The summed E-state index contributed by atoms with van der Waals surface area (Å²) in [6.45, 7) is 5.03. The van der Waals surface area contributed by atoms with Gasteiger partial charge in [-0.2, -0.15) is 0 Å². The van der Waals surface area contributed by atoms with Crippen LogP contribution in [0.5, 0.6) is 0 Å². The molecule has 1 fully saturated rings. The summed E-state index contributed by atoms with van der Waals surface area (Å²) in [6.07, 6.45) is -0.0260. The molecule has 0 spiro atoms. The topological polar surface area (TPSA) is 58.6 Å². The number of nitrogens with one attached hydrogen (secondary N) is 1. The second-order valence-electron chi connectivity index (χ2n) is 6.94. The molecule has 1 aliphatic rings. The first-order valence-electron chi connectivity index (χ1n) is 9.11. The number of carbonyl (C=O) groups excluding carboxylic acids is 2. The molecular weight excluding hydrogens is 366 g/mol. The van der Waals surface area contributed by atoms with Gasteiger partial charge in [0.15, 0.2) is 0 Å². The fraction of sp³-hybridized carbons (Fsp3) is 0.333. The van der Waals surface area contributed by atoms with Crippen molar-refractivity contribution in [2.75, 3.05) is 13.1 Å². The van der Waals surface area contributed by atoms with E-state index in [0.717, 1.165) is 12.1 Å². The predicted octanol–water partition coefficient (Wildman–Crippen LogP) is 3.14. The number of hydrogen-bond acceptors (Lipinski definition) is 3. The molecule has 1 aliphatic heterocycles. The second-order valence-corrected chi connectivity index (χ2v) is 6.94. The highest BCUT2D eigenvalue weighted by molar-refractivity contribution is 5.95. The Hall–Kier alpha value is -2.80. The highest BCUT2D eigenvalue weighted by Gasteiger charge is 2.26. The minimum absolute atomic E-state index is 0.0130. The Labute approximate surface area is 162 Å². The highest BCUT2D eigenvalue weighted by atomic mass is 19.1. The van der Waals surface area contributed by atoms with Crippen molar-refractivity contribution in [3.8, 4) is 0 Å². The molecule has 2 aromatic rings. The van der Waals surface area contributed by atoms with Gasteiger partial charge < -0.3 is 15.0 Å². The van der Waals surface area contributed by atoms with Gasteiger partial charge in [-0.3, -0.25) is 9.59 Å². The number of morpholine rings is 1. The van der Waals surface area contributed by atoms with Crippen LogP contribution in [0.1, 0.15) is 40.1 Å². The van der Waals surface area contributed by atoms with Crippen LogP contribution >= 0.6 is 0 Å². The number of halogens is 2. The lowest BCUT2D eigenvalue weighted by atomic mass is 10.1. The highest BCUT2D eigenvalue weighted by Crippen LogP contribution is 2.16. The van der Waals surface area contributed by atoms with Gasteiger partial charge >= 0.3 is 0 Å². The predicted molar refractivity (Wildman–Crippen MR) is 99.9 cm³/mol. The Bertz CT molecular complexity index is 840. The zero-order valence-corrected chi connectivity index (χ0v) is 15.7. The molecule has 0 radical (unpaired) electrons. The Morgan fingerprint density at radius 2 is 1.61 bits per heavy atom. The fourth-order valence-corrected chi connectivity index (χ4v) is 3.28. The van der Waals surface area contributed by atoms with Crippen LogP contribution in [0.25, 0.3) is 0 Å². The molecule has 1 saturated heterocycles. The van der Waals surface area contributed by atoms with Gasteiger partial charge in [0.25, 0.3) is 11.8 Å². The Kier molecular flexibility index (Phi) is 6.04. The third kappa shape index (κ3) is 4.54. The molecule has 1 N–H and O–H groups in total. The third-order valence-corrected chi connectivity index (χ3v) is 4.55.